The standard InChI is InChI=1S/C14H19NO5/c1-19-9-10-20-8-7-12(16)15-13(14(17)18)11-5-3-2-4-6-11/h2-6,13H,7-10H2,1H3,(H,15,16)(H,17,18)/t13-/m1/s1. The fourth-order valence-corrected chi connectivity index (χ4v) is 1.58. The fourth-order valence-electron chi connectivity index (χ4n) is 1.58. The molecule has 0 bridgehead atoms. The average molecular weight is 281 g/mol. The summed E-state index contributed by atoms with van der Waals surface area (Å²) in [7, 11) is 1.56. The van der Waals surface area contributed by atoms with Gasteiger partial charge in [0.25, 0.3) is 0 Å². The first-order valence-corrected chi connectivity index (χ1v) is 6.29. The molecule has 2 N–H and O–H groups in total. The molecule has 6 heteroatoms. The van der Waals surface area contributed by atoms with Gasteiger partial charge in [0.1, 0.15) is 0 Å². The Morgan fingerprint density at radius 1 is 1.20 bits per heavy atom. The third-order valence-electron chi connectivity index (χ3n) is 2.59. The minimum atomic E-state index is -1.09. The zero-order valence-electron chi connectivity index (χ0n) is 11.4. The van der Waals surface area contributed by atoms with Crippen LogP contribution in [-0.2, 0) is 19.1 Å². The number of carbonyl (C=O) groups excluding carboxylic acids is 1. The highest BCUT2D eigenvalue weighted by atomic mass is 16.5. The van der Waals surface area contributed by atoms with Crippen molar-refractivity contribution >= 4 is 11.9 Å². The van der Waals surface area contributed by atoms with Crippen molar-refractivity contribution in [3.8, 4) is 0 Å². The lowest BCUT2D eigenvalue weighted by atomic mass is 10.1. The molecule has 110 valence electrons. The number of ether oxygens (including phenoxy) is 2. The molecular formula is C14H19NO5. The van der Waals surface area contributed by atoms with Gasteiger partial charge >= 0.3 is 5.97 Å². The number of aliphatic carboxylic acids is 1. The molecule has 0 aliphatic carbocycles. The van der Waals surface area contributed by atoms with Crippen LogP contribution in [0.25, 0.3) is 0 Å². The number of methoxy groups -OCH3 is 1. The van der Waals surface area contributed by atoms with Gasteiger partial charge in [0, 0.05) is 13.5 Å². The topological polar surface area (TPSA) is 84.9 Å². The van der Waals surface area contributed by atoms with E-state index in [1.54, 1.807) is 37.4 Å². The zero-order valence-corrected chi connectivity index (χ0v) is 11.4. The van der Waals surface area contributed by atoms with E-state index in [4.69, 9.17) is 14.6 Å². The Bertz CT molecular complexity index is 421. The summed E-state index contributed by atoms with van der Waals surface area (Å²) < 4.78 is 9.96. The summed E-state index contributed by atoms with van der Waals surface area (Å²) in [6.45, 7) is 1.10. The zero-order chi connectivity index (χ0) is 14.8. The molecule has 6 nitrogen and oxygen atoms in total. The monoisotopic (exact) mass is 281 g/mol. The van der Waals surface area contributed by atoms with Gasteiger partial charge in [-0.1, -0.05) is 30.3 Å². The Labute approximate surface area is 117 Å². The largest absolute Gasteiger partial charge is 0.479 e. The van der Waals surface area contributed by atoms with Crippen molar-refractivity contribution < 1.29 is 24.2 Å². The Morgan fingerprint density at radius 2 is 1.90 bits per heavy atom. The Balaban J connectivity index is 2.43. The Hall–Kier alpha value is -1.92. The van der Waals surface area contributed by atoms with Crippen LogP contribution in [0.2, 0.25) is 0 Å². The van der Waals surface area contributed by atoms with E-state index in [0.717, 1.165) is 0 Å². The lowest BCUT2D eigenvalue weighted by Gasteiger charge is -2.14. The van der Waals surface area contributed by atoms with Crippen LogP contribution in [-0.4, -0.2) is 43.9 Å². The highest BCUT2D eigenvalue weighted by Crippen LogP contribution is 2.12. The average Bonchev–Trinajstić information content (AvgIpc) is 2.45. The van der Waals surface area contributed by atoms with Crippen LogP contribution >= 0.6 is 0 Å². The minimum absolute atomic E-state index is 0.111. The number of nitrogens with one attached hydrogen (secondary N) is 1. The number of hydrogen-bond donors (Lipinski definition) is 2. The summed E-state index contributed by atoms with van der Waals surface area (Å²) in [4.78, 5) is 22.9. The van der Waals surface area contributed by atoms with Gasteiger partial charge in [-0.25, -0.2) is 4.79 Å². The van der Waals surface area contributed by atoms with Gasteiger partial charge in [-0.05, 0) is 5.56 Å². The van der Waals surface area contributed by atoms with Gasteiger partial charge in [-0.2, -0.15) is 0 Å². The van der Waals surface area contributed by atoms with Crippen LogP contribution in [0.4, 0.5) is 0 Å². The second-order valence-electron chi connectivity index (χ2n) is 4.10. The van der Waals surface area contributed by atoms with Gasteiger partial charge in [0.05, 0.1) is 19.8 Å². The molecule has 0 aromatic heterocycles. The van der Waals surface area contributed by atoms with Crippen molar-refractivity contribution in [2.24, 2.45) is 0 Å². The molecule has 1 rings (SSSR count). The fraction of sp³-hybridized carbons (Fsp3) is 0.429. The summed E-state index contributed by atoms with van der Waals surface area (Å²) >= 11 is 0. The number of carboxylic acid groups (broad SMARTS) is 1. The van der Waals surface area contributed by atoms with Gasteiger partial charge < -0.3 is 19.9 Å². The quantitative estimate of drug-likeness (QED) is 0.659. The molecule has 0 saturated carbocycles. The van der Waals surface area contributed by atoms with Crippen LogP contribution in [0.1, 0.15) is 18.0 Å². The van der Waals surface area contributed by atoms with Crippen LogP contribution in [0.3, 0.4) is 0 Å². The molecule has 1 aromatic carbocycles. The maximum atomic E-state index is 11.7. The second kappa shape index (κ2) is 9.06. The Kier molecular flexibility index (Phi) is 7.31. The highest BCUT2D eigenvalue weighted by Gasteiger charge is 2.21. The first kappa shape index (κ1) is 16.1. The van der Waals surface area contributed by atoms with Crippen LogP contribution in [0, 0.1) is 0 Å². The maximum Gasteiger partial charge on any atom is 0.330 e. The molecule has 0 radical (unpaired) electrons. The van der Waals surface area contributed by atoms with E-state index >= 15 is 0 Å². The SMILES string of the molecule is COCCOCCC(=O)N[C@@H](C(=O)O)c1ccccc1. The van der Waals surface area contributed by atoms with Crippen molar-refractivity contribution in [1.29, 1.82) is 0 Å². The van der Waals surface area contributed by atoms with E-state index in [2.05, 4.69) is 5.32 Å². The molecule has 20 heavy (non-hydrogen) atoms. The minimum Gasteiger partial charge on any atom is -0.479 e. The molecule has 0 aliphatic heterocycles. The van der Waals surface area contributed by atoms with E-state index in [1.807, 2.05) is 0 Å². The maximum absolute atomic E-state index is 11.7. The third kappa shape index (κ3) is 5.81. The molecule has 0 unspecified atom stereocenters. The van der Waals surface area contributed by atoms with Gasteiger partial charge in [-0.15, -0.1) is 0 Å². The first-order chi connectivity index (χ1) is 9.65. The van der Waals surface area contributed by atoms with E-state index in [1.165, 1.54) is 0 Å². The molecule has 1 amide bonds. The first-order valence-electron chi connectivity index (χ1n) is 6.29. The third-order valence-corrected chi connectivity index (χ3v) is 2.59. The van der Waals surface area contributed by atoms with E-state index in [9.17, 15) is 9.59 Å². The molecule has 1 aromatic rings. The van der Waals surface area contributed by atoms with Crippen LogP contribution in [0.5, 0.6) is 0 Å². The second-order valence-corrected chi connectivity index (χ2v) is 4.10. The summed E-state index contributed by atoms with van der Waals surface area (Å²) in [5, 5.41) is 11.6. The molecule has 0 saturated heterocycles. The number of benzene rings is 1. The molecule has 0 aliphatic rings. The predicted octanol–water partition coefficient (Wildman–Crippen LogP) is 0.982. The van der Waals surface area contributed by atoms with Crippen LogP contribution in [0.15, 0.2) is 30.3 Å². The van der Waals surface area contributed by atoms with Crippen LogP contribution < -0.4 is 5.32 Å². The summed E-state index contributed by atoms with van der Waals surface area (Å²) in [6, 6.07) is 7.52. The van der Waals surface area contributed by atoms with Crippen molar-refractivity contribution in [1.82, 2.24) is 5.32 Å². The van der Waals surface area contributed by atoms with Gasteiger partial charge in [-0.3, -0.25) is 4.79 Å². The highest BCUT2D eigenvalue weighted by molar-refractivity contribution is 5.84. The summed E-state index contributed by atoms with van der Waals surface area (Å²) in [6.07, 6.45) is 0.111. The van der Waals surface area contributed by atoms with E-state index < -0.39 is 12.0 Å². The van der Waals surface area contributed by atoms with Gasteiger partial charge in [0.2, 0.25) is 5.91 Å². The van der Waals surface area contributed by atoms with Crippen molar-refractivity contribution in [3.05, 3.63) is 35.9 Å². The number of carboxylic acids is 1. The van der Waals surface area contributed by atoms with Crippen molar-refractivity contribution in [3.63, 3.8) is 0 Å². The predicted molar refractivity (Wildman–Crippen MR) is 72.3 cm³/mol. The summed E-state index contributed by atoms with van der Waals surface area (Å²) in [5.74, 6) is -1.46. The summed E-state index contributed by atoms with van der Waals surface area (Å²) in [5.41, 5.74) is 0.536. The lowest BCUT2D eigenvalue weighted by molar-refractivity contribution is -0.142. The van der Waals surface area contributed by atoms with E-state index in [-0.39, 0.29) is 18.9 Å². The van der Waals surface area contributed by atoms with Crippen molar-refractivity contribution in [2.75, 3.05) is 26.9 Å². The number of hydrogen-bond acceptors (Lipinski definition) is 4. The molecule has 0 heterocycles. The van der Waals surface area contributed by atoms with E-state index in [0.29, 0.717) is 18.8 Å². The smallest absolute Gasteiger partial charge is 0.330 e. The Morgan fingerprint density at radius 3 is 2.50 bits per heavy atom. The number of carbonyl (C=O) groups is 2. The van der Waals surface area contributed by atoms with Gasteiger partial charge in [0.15, 0.2) is 6.04 Å². The molecule has 0 spiro atoms. The number of amides is 1. The van der Waals surface area contributed by atoms with Crippen molar-refractivity contribution in [2.45, 2.75) is 12.5 Å². The molecular weight excluding hydrogens is 262 g/mol. The molecule has 1 atom stereocenters. The molecule has 0 fully saturated rings. The normalized spacial score (nSPS) is 11.8. The number of rotatable bonds is 9. The lowest BCUT2D eigenvalue weighted by Crippen LogP contribution is -2.34.